The van der Waals surface area contributed by atoms with E-state index in [0.717, 1.165) is 22.4 Å². The number of aromatic nitrogens is 3. The quantitative estimate of drug-likeness (QED) is 0.445. The van der Waals surface area contributed by atoms with Crippen molar-refractivity contribution in [2.75, 3.05) is 4.72 Å². The first kappa shape index (κ1) is 21.7. The minimum Gasteiger partial charge on any atom is -0.354 e. The van der Waals surface area contributed by atoms with Gasteiger partial charge in [0.05, 0.1) is 41.8 Å². The Balaban J connectivity index is 1.42. The molecule has 10 heteroatoms. The van der Waals surface area contributed by atoms with Crippen molar-refractivity contribution in [1.29, 1.82) is 0 Å². The van der Waals surface area contributed by atoms with Gasteiger partial charge in [0.1, 0.15) is 0 Å². The lowest BCUT2D eigenvalue weighted by atomic mass is 10.1. The van der Waals surface area contributed by atoms with Crippen LogP contribution in [0.5, 0.6) is 0 Å². The van der Waals surface area contributed by atoms with Crippen molar-refractivity contribution in [3.63, 3.8) is 0 Å². The van der Waals surface area contributed by atoms with Crippen molar-refractivity contribution in [3.05, 3.63) is 70.5 Å². The third-order valence-electron chi connectivity index (χ3n) is 5.93. The highest BCUT2D eigenvalue weighted by atomic mass is 32.2. The number of rotatable bonds is 5. The van der Waals surface area contributed by atoms with Crippen molar-refractivity contribution in [2.45, 2.75) is 38.4 Å². The minimum absolute atomic E-state index is 0.144. The van der Waals surface area contributed by atoms with E-state index in [1.54, 1.807) is 42.3 Å². The molecule has 5 rings (SSSR count). The molecule has 0 unspecified atom stereocenters. The van der Waals surface area contributed by atoms with Crippen LogP contribution in [0.2, 0.25) is 0 Å². The standard InChI is InChI=1S/C24H21N5O4S/c1-4-22(30)28-13-18-11-25-29(19(18)14-28)12-17-9-16(3)23-20(10-17)33-26-24(23)27-34(31,32)21-8-6-5-7-15(21)2/h1,5-11H,12-14H2,2-3H3,(H,26,27). The predicted octanol–water partition coefficient (Wildman–Crippen LogP) is 2.97. The van der Waals surface area contributed by atoms with Crippen LogP contribution >= 0.6 is 0 Å². The summed E-state index contributed by atoms with van der Waals surface area (Å²) in [6.45, 7) is 4.92. The molecule has 1 aliphatic heterocycles. The van der Waals surface area contributed by atoms with Crippen molar-refractivity contribution in [3.8, 4) is 12.3 Å². The number of benzene rings is 2. The second-order valence-corrected chi connectivity index (χ2v) is 9.92. The molecule has 4 aromatic rings. The molecule has 0 bridgehead atoms. The molecular formula is C24H21N5O4S. The lowest BCUT2D eigenvalue weighted by molar-refractivity contribution is -0.125. The van der Waals surface area contributed by atoms with E-state index >= 15 is 0 Å². The summed E-state index contributed by atoms with van der Waals surface area (Å²) in [4.78, 5) is 13.6. The number of anilines is 1. The fourth-order valence-corrected chi connectivity index (χ4v) is 5.55. The molecule has 9 nitrogen and oxygen atoms in total. The van der Waals surface area contributed by atoms with Crippen LogP contribution in [0.15, 0.2) is 52.0 Å². The number of hydrogen-bond acceptors (Lipinski definition) is 6. The highest BCUT2D eigenvalue weighted by Crippen LogP contribution is 2.31. The van der Waals surface area contributed by atoms with Crippen LogP contribution in [-0.2, 0) is 34.5 Å². The fraction of sp³-hybridized carbons (Fsp3) is 0.208. The van der Waals surface area contributed by atoms with Gasteiger partial charge in [-0.1, -0.05) is 29.4 Å². The molecule has 2 aromatic carbocycles. The summed E-state index contributed by atoms with van der Waals surface area (Å²) in [6, 6.07) is 10.5. The van der Waals surface area contributed by atoms with Crippen LogP contribution in [0.1, 0.15) is 27.9 Å². The van der Waals surface area contributed by atoms with Gasteiger partial charge in [-0.25, -0.2) is 8.42 Å². The number of hydrogen-bond donors (Lipinski definition) is 1. The van der Waals surface area contributed by atoms with E-state index < -0.39 is 10.0 Å². The summed E-state index contributed by atoms with van der Waals surface area (Å²) in [7, 11) is -3.83. The molecule has 1 amide bonds. The first-order valence-electron chi connectivity index (χ1n) is 10.5. The Morgan fingerprint density at radius 2 is 2.00 bits per heavy atom. The zero-order valence-corrected chi connectivity index (χ0v) is 19.4. The molecule has 34 heavy (non-hydrogen) atoms. The fourth-order valence-electron chi connectivity index (χ4n) is 4.29. The van der Waals surface area contributed by atoms with Crippen molar-refractivity contribution < 1.29 is 17.7 Å². The lowest BCUT2D eigenvalue weighted by Gasteiger charge is -2.12. The van der Waals surface area contributed by atoms with Crippen LogP contribution in [0.25, 0.3) is 11.0 Å². The third-order valence-corrected chi connectivity index (χ3v) is 7.42. The predicted molar refractivity (Wildman–Crippen MR) is 125 cm³/mol. The summed E-state index contributed by atoms with van der Waals surface area (Å²) >= 11 is 0. The molecule has 3 heterocycles. The number of nitrogens with zero attached hydrogens (tertiary/aromatic N) is 4. The average molecular weight is 476 g/mol. The van der Waals surface area contributed by atoms with E-state index in [1.807, 2.05) is 23.7 Å². The molecule has 172 valence electrons. The Hall–Kier alpha value is -4.10. The largest absolute Gasteiger partial charge is 0.354 e. The van der Waals surface area contributed by atoms with Gasteiger partial charge >= 0.3 is 0 Å². The maximum absolute atomic E-state index is 12.9. The molecular weight excluding hydrogens is 454 g/mol. The van der Waals surface area contributed by atoms with Gasteiger partial charge in [-0.3, -0.25) is 14.2 Å². The van der Waals surface area contributed by atoms with Gasteiger partial charge in [0.15, 0.2) is 11.4 Å². The van der Waals surface area contributed by atoms with Crippen LogP contribution in [0.3, 0.4) is 0 Å². The average Bonchev–Trinajstić information content (AvgIpc) is 3.49. The summed E-state index contributed by atoms with van der Waals surface area (Å²) in [5.74, 6) is 1.95. The van der Waals surface area contributed by atoms with Crippen LogP contribution in [-0.4, -0.2) is 34.2 Å². The zero-order valence-electron chi connectivity index (χ0n) is 18.6. The first-order chi connectivity index (χ1) is 16.3. The second-order valence-electron chi connectivity index (χ2n) is 8.27. The van der Waals surface area contributed by atoms with E-state index in [-0.39, 0.29) is 16.6 Å². The van der Waals surface area contributed by atoms with Gasteiger partial charge in [-0.15, -0.1) is 6.42 Å². The van der Waals surface area contributed by atoms with Gasteiger partial charge in [0.2, 0.25) is 0 Å². The third kappa shape index (κ3) is 3.70. The van der Waals surface area contributed by atoms with Gasteiger partial charge < -0.3 is 9.42 Å². The monoisotopic (exact) mass is 475 g/mol. The van der Waals surface area contributed by atoms with E-state index in [2.05, 4.69) is 20.9 Å². The number of carbonyl (C=O) groups is 1. The molecule has 0 atom stereocenters. The number of amides is 1. The Morgan fingerprint density at radius 1 is 1.21 bits per heavy atom. The molecule has 0 saturated carbocycles. The topological polar surface area (TPSA) is 110 Å². The molecule has 0 spiro atoms. The zero-order chi connectivity index (χ0) is 24.0. The summed E-state index contributed by atoms with van der Waals surface area (Å²) in [5, 5.41) is 9.02. The summed E-state index contributed by atoms with van der Waals surface area (Å²) in [5.41, 5.74) is 4.72. The number of nitrogens with one attached hydrogen (secondary N) is 1. The first-order valence-corrected chi connectivity index (χ1v) is 12.0. The van der Waals surface area contributed by atoms with Gasteiger partial charge in [-0.05, 0) is 48.6 Å². The second kappa shape index (κ2) is 8.04. The minimum atomic E-state index is -3.83. The molecule has 1 aliphatic rings. The van der Waals surface area contributed by atoms with E-state index in [1.165, 1.54) is 0 Å². The van der Waals surface area contributed by atoms with E-state index in [9.17, 15) is 13.2 Å². The van der Waals surface area contributed by atoms with E-state index in [4.69, 9.17) is 10.9 Å². The van der Waals surface area contributed by atoms with Crippen LogP contribution in [0, 0.1) is 26.2 Å². The van der Waals surface area contributed by atoms with Crippen LogP contribution < -0.4 is 4.72 Å². The maximum atomic E-state index is 12.9. The Kier molecular flexibility index (Phi) is 5.14. The maximum Gasteiger partial charge on any atom is 0.298 e. The van der Waals surface area contributed by atoms with Crippen molar-refractivity contribution in [1.82, 2.24) is 19.8 Å². The lowest BCUT2D eigenvalue weighted by Crippen LogP contribution is -2.24. The number of sulfonamides is 1. The Morgan fingerprint density at radius 3 is 2.76 bits per heavy atom. The van der Waals surface area contributed by atoms with Crippen LogP contribution in [0.4, 0.5) is 5.82 Å². The molecule has 0 fully saturated rings. The molecule has 0 radical (unpaired) electrons. The highest BCUT2D eigenvalue weighted by Gasteiger charge is 2.27. The van der Waals surface area contributed by atoms with E-state index in [0.29, 0.717) is 36.2 Å². The number of fused-ring (bicyclic) bond motifs is 2. The van der Waals surface area contributed by atoms with Gasteiger partial charge in [0.25, 0.3) is 15.9 Å². The van der Waals surface area contributed by atoms with Gasteiger partial charge in [0, 0.05) is 5.56 Å². The SMILES string of the molecule is C#CC(=O)N1Cc2cnn(Cc3cc(C)c4c(NS(=O)(=O)c5ccccc5C)noc4c3)c2C1. The summed E-state index contributed by atoms with van der Waals surface area (Å²) in [6.07, 6.45) is 6.99. The molecule has 1 N–H and O–H groups in total. The Bertz CT molecular complexity index is 1590. The number of carbonyl (C=O) groups excluding carboxylic acids is 1. The number of aryl methyl sites for hydroxylation is 2. The molecule has 2 aromatic heterocycles. The normalized spacial score (nSPS) is 13.1. The highest BCUT2D eigenvalue weighted by molar-refractivity contribution is 7.92. The van der Waals surface area contributed by atoms with Crippen molar-refractivity contribution >= 4 is 32.7 Å². The number of terminal acetylenes is 1. The van der Waals surface area contributed by atoms with Crippen molar-refractivity contribution in [2.24, 2.45) is 0 Å². The smallest absolute Gasteiger partial charge is 0.298 e. The van der Waals surface area contributed by atoms with Gasteiger partial charge in [-0.2, -0.15) is 5.10 Å². The molecule has 0 aliphatic carbocycles. The molecule has 0 saturated heterocycles. The summed E-state index contributed by atoms with van der Waals surface area (Å²) < 4.78 is 35.7. The Labute approximate surface area is 196 Å².